The van der Waals surface area contributed by atoms with Gasteiger partial charge in [0.1, 0.15) is 12.5 Å². The van der Waals surface area contributed by atoms with Gasteiger partial charge in [-0.3, -0.25) is 0 Å². The lowest BCUT2D eigenvalue weighted by Crippen LogP contribution is -2.06. The Balaban J connectivity index is 1.80. The first kappa shape index (κ1) is 11.4. The summed E-state index contributed by atoms with van der Waals surface area (Å²) in [5.74, 6) is 0. The number of hydrogen-bond acceptors (Lipinski definition) is 3. The number of ether oxygens (including phenoxy) is 2. The fourth-order valence-corrected chi connectivity index (χ4v) is 1.51. The van der Waals surface area contributed by atoms with E-state index in [-0.39, 0.29) is 12.4 Å². The van der Waals surface area contributed by atoms with Crippen LogP contribution in [0.2, 0.25) is 0 Å². The second-order valence-electron chi connectivity index (χ2n) is 3.81. The molecular weight excluding hydrogens is 180 g/mol. The molecule has 0 saturated heterocycles. The maximum Gasteiger partial charge on any atom is 0.239 e. The van der Waals surface area contributed by atoms with Crippen molar-refractivity contribution in [1.29, 1.82) is 0 Å². The molecule has 0 saturated carbocycles. The molecular formula is C11H20O3. The van der Waals surface area contributed by atoms with Crippen LogP contribution in [-0.2, 0) is 9.47 Å². The Morgan fingerprint density at radius 1 is 1.14 bits per heavy atom. The van der Waals surface area contributed by atoms with Gasteiger partial charge in [-0.25, -0.2) is 0 Å². The fraction of sp³-hybridized carbons (Fsp3) is 0.818. The Kier molecular flexibility index (Phi) is 5.45. The summed E-state index contributed by atoms with van der Waals surface area (Å²) < 4.78 is 10.3. The highest BCUT2D eigenvalue weighted by atomic mass is 16.7. The summed E-state index contributed by atoms with van der Waals surface area (Å²) in [5.41, 5.74) is 0. The predicted octanol–water partition coefficient (Wildman–Crippen LogP) is 2.55. The number of rotatable bonds is 7. The Hall–Kier alpha value is -0.700. The third-order valence-electron chi connectivity index (χ3n) is 2.33. The molecule has 0 radical (unpaired) electrons. The second kappa shape index (κ2) is 6.71. The maximum absolute atomic E-state index is 9.03. The van der Waals surface area contributed by atoms with Gasteiger partial charge in [-0.05, 0) is 19.8 Å². The van der Waals surface area contributed by atoms with E-state index in [0.717, 1.165) is 25.7 Å². The largest absolute Gasteiger partial charge is 0.459 e. The third-order valence-corrected chi connectivity index (χ3v) is 2.33. The lowest BCUT2D eigenvalue weighted by atomic mass is 10.1. The average Bonchev–Trinajstić information content (AvgIpc) is 2.63. The van der Waals surface area contributed by atoms with Gasteiger partial charge in [0.25, 0.3) is 0 Å². The van der Waals surface area contributed by atoms with Gasteiger partial charge in [-0.2, -0.15) is 0 Å². The van der Waals surface area contributed by atoms with Crippen molar-refractivity contribution in [1.82, 2.24) is 0 Å². The fourth-order valence-electron chi connectivity index (χ4n) is 1.51. The van der Waals surface area contributed by atoms with Gasteiger partial charge in [0.15, 0.2) is 0 Å². The lowest BCUT2D eigenvalue weighted by Gasteiger charge is -2.09. The zero-order valence-corrected chi connectivity index (χ0v) is 8.82. The van der Waals surface area contributed by atoms with Crippen LogP contribution in [0.25, 0.3) is 0 Å². The quantitative estimate of drug-likeness (QED) is 0.642. The summed E-state index contributed by atoms with van der Waals surface area (Å²) in [6, 6.07) is 0. The summed E-state index contributed by atoms with van der Waals surface area (Å²) in [6.45, 7) is 1.84. The van der Waals surface area contributed by atoms with Crippen LogP contribution in [0.5, 0.6) is 0 Å². The van der Waals surface area contributed by atoms with Gasteiger partial charge in [-0.15, -0.1) is 0 Å². The highest BCUT2D eigenvalue weighted by molar-refractivity contribution is 4.70. The first-order valence-electron chi connectivity index (χ1n) is 5.43. The molecule has 82 valence electrons. The summed E-state index contributed by atoms with van der Waals surface area (Å²) >= 11 is 0. The summed E-state index contributed by atoms with van der Waals surface area (Å²) in [6.07, 6.45) is 9.48. The summed E-state index contributed by atoms with van der Waals surface area (Å²) in [5, 5.41) is 9.03. The molecule has 0 aromatic rings. The molecule has 0 aliphatic carbocycles. The molecule has 0 aromatic heterocycles. The van der Waals surface area contributed by atoms with Crippen molar-refractivity contribution in [2.75, 3.05) is 0 Å². The summed E-state index contributed by atoms with van der Waals surface area (Å²) in [4.78, 5) is 0. The van der Waals surface area contributed by atoms with E-state index in [0.29, 0.717) is 0 Å². The zero-order chi connectivity index (χ0) is 10.2. The average molecular weight is 200 g/mol. The van der Waals surface area contributed by atoms with Crippen LogP contribution in [0.4, 0.5) is 0 Å². The van der Waals surface area contributed by atoms with E-state index in [1.165, 1.54) is 12.8 Å². The lowest BCUT2D eigenvalue weighted by molar-refractivity contribution is -0.0295. The first-order chi connectivity index (χ1) is 6.79. The SMILES string of the molecule is CC(O)CCCCCCC1OC=CO1. The molecule has 1 N–H and O–H groups in total. The normalized spacial score (nSPS) is 17.9. The second-order valence-corrected chi connectivity index (χ2v) is 3.81. The predicted molar refractivity (Wildman–Crippen MR) is 54.5 cm³/mol. The van der Waals surface area contributed by atoms with Crippen molar-refractivity contribution in [2.45, 2.75) is 57.8 Å². The van der Waals surface area contributed by atoms with Crippen LogP contribution in [0.15, 0.2) is 12.5 Å². The van der Waals surface area contributed by atoms with Crippen molar-refractivity contribution in [2.24, 2.45) is 0 Å². The molecule has 1 rings (SSSR count). The number of aliphatic hydroxyl groups excluding tert-OH is 1. The van der Waals surface area contributed by atoms with Gasteiger partial charge in [0.2, 0.25) is 6.29 Å². The van der Waals surface area contributed by atoms with E-state index >= 15 is 0 Å². The van der Waals surface area contributed by atoms with Crippen molar-refractivity contribution in [3.63, 3.8) is 0 Å². The Labute approximate surface area is 85.7 Å². The van der Waals surface area contributed by atoms with Gasteiger partial charge < -0.3 is 14.6 Å². The van der Waals surface area contributed by atoms with Crippen molar-refractivity contribution in [3.8, 4) is 0 Å². The molecule has 1 unspecified atom stereocenters. The molecule has 3 heteroatoms. The molecule has 1 heterocycles. The third kappa shape index (κ3) is 5.12. The van der Waals surface area contributed by atoms with Crippen molar-refractivity contribution < 1.29 is 14.6 Å². The van der Waals surface area contributed by atoms with Gasteiger partial charge >= 0.3 is 0 Å². The summed E-state index contributed by atoms with van der Waals surface area (Å²) in [7, 11) is 0. The van der Waals surface area contributed by atoms with Crippen LogP contribution in [-0.4, -0.2) is 17.5 Å². The molecule has 1 atom stereocenters. The molecule has 1 aliphatic heterocycles. The Morgan fingerprint density at radius 3 is 2.43 bits per heavy atom. The monoisotopic (exact) mass is 200 g/mol. The van der Waals surface area contributed by atoms with E-state index < -0.39 is 0 Å². The zero-order valence-electron chi connectivity index (χ0n) is 8.82. The van der Waals surface area contributed by atoms with Crippen LogP contribution in [0, 0.1) is 0 Å². The minimum atomic E-state index is -0.152. The van der Waals surface area contributed by atoms with Gasteiger partial charge in [0.05, 0.1) is 6.10 Å². The van der Waals surface area contributed by atoms with Crippen molar-refractivity contribution >= 4 is 0 Å². The number of aliphatic hydroxyl groups is 1. The molecule has 0 aromatic carbocycles. The minimum absolute atomic E-state index is 0.0493. The molecule has 3 nitrogen and oxygen atoms in total. The van der Waals surface area contributed by atoms with Crippen LogP contribution >= 0.6 is 0 Å². The van der Waals surface area contributed by atoms with Gasteiger partial charge in [0, 0.05) is 6.42 Å². The highest BCUT2D eigenvalue weighted by Gasteiger charge is 2.10. The Bertz CT molecular complexity index is 158. The van der Waals surface area contributed by atoms with Crippen LogP contribution in [0.1, 0.15) is 45.4 Å². The number of hydrogen-bond donors (Lipinski definition) is 1. The standard InChI is InChI=1S/C11H20O3/c1-10(12)6-4-2-3-5-7-11-13-8-9-14-11/h8-12H,2-7H2,1H3. The van der Waals surface area contributed by atoms with E-state index in [1.807, 2.05) is 6.92 Å². The van der Waals surface area contributed by atoms with Crippen molar-refractivity contribution in [3.05, 3.63) is 12.5 Å². The minimum Gasteiger partial charge on any atom is -0.459 e. The Morgan fingerprint density at radius 2 is 1.79 bits per heavy atom. The van der Waals surface area contributed by atoms with Crippen LogP contribution in [0.3, 0.4) is 0 Å². The molecule has 1 aliphatic rings. The van der Waals surface area contributed by atoms with E-state index in [9.17, 15) is 0 Å². The van der Waals surface area contributed by atoms with E-state index in [1.54, 1.807) is 12.5 Å². The topological polar surface area (TPSA) is 38.7 Å². The number of unbranched alkanes of at least 4 members (excludes halogenated alkanes) is 3. The van der Waals surface area contributed by atoms with E-state index in [4.69, 9.17) is 14.6 Å². The smallest absolute Gasteiger partial charge is 0.239 e. The molecule has 14 heavy (non-hydrogen) atoms. The van der Waals surface area contributed by atoms with E-state index in [2.05, 4.69) is 0 Å². The van der Waals surface area contributed by atoms with Crippen LogP contribution < -0.4 is 0 Å². The molecule has 0 spiro atoms. The van der Waals surface area contributed by atoms with Gasteiger partial charge in [-0.1, -0.05) is 19.3 Å². The molecule has 0 bridgehead atoms. The molecule has 0 amide bonds. The first-order valence-corrected chi connectivity index (χ1v) is 5.43. The molecule has 0 fully saturated rings. The maximum atomic E-state index is 9.03. The highest BCUT2D eigenvalue weighted by Crippen LogP contribution is 2.14.